The predicted octanol–water partition coefficient (Wildman–Crippen LogP) is 2.47. The molecule has 2 N–H and O–H groups in total. The molecule has 9 heteroatoms. The molecular weight excluding hydrogens is 404 g/mol. The molecular formula is C22H32N2O7. The van der Waals surface area contributed by atoms with Crippen molar-refractivity contribution in [3.63, 3.8) is 0 Å². The summed E-state index contributed by atoms with van der Waals surface area (Å²) in [7, 11) is 0. The molecule has 0 heterocycles. The van der Waals surface area contributed by atoms with Gasteiger partial charge in [0, 0.05) is 6.42 Å². The summed E-state index contributed by atoms with van der Waals surface area (Å²) < 4.78 is 15.3. The quantitative estimate of drug-likeness (QED) is 0.427. The molecule has 172 valence electrons. The fourth-order valence-electron chi connectivity index (χ4n) is 2.44. The normalized spacial score (nSPS) is 12.8. The molecule has 0 fully saturated rings. The highest BCUT2D eigenvalue weighted by molar-refractivity contribution is 5.85. The minimum atomic E-state index is -1.10. The minimum absolute atomic E-state index is 0.0261. The first-order valence-corrected chi connectivity index (χ1v) is 10.2. The molecule has 0 aliphatic carbocycles. The van der Waals surface area contributed by atoms with Gasteiger partial charge in [-0.2, -0.15) is 0 Å². The number of hydrogen-bond donors (Lipinski definition) is 2. The second-order valence-electron chi connectivity index (χ2n) is 7.87. The lowest BCUT2D eigenvalue weighted by molar-refractivity contribution is -0.148. The molecule has 0 saturated heterocycles. The Kier molecular flexibility index (Phi) is 10.5. The topological polar surface area (TPSA) is 120 Å². The van der Waals surface area contributed by atoms with Crippen molar-refractivity contribution in [1.82, 2.24) is 10.6 Å². The first-order valence-electron chi connectivity index (χ1n) is 10.2. The molecule has 2 atom stereocenters. The van der Waals surface area contributed by atoms with Crippen LogP contribution in [0, 0.1) is 0 Å². The van der Waals surface area contributed by atoms with E-state index in [9.17, 15) is 19.2 Å². The lowest BCUT2D eigenvalue weighted by atomic mass is 10.1. The van der Waals surface area contributed by atoms with Gasteiger partial charge in [-0.3, -0.25) is 4.79 Å². The van der Waals surface area contributed by atoms with Gasteiger partial charge in [0.1, 0.15) is 24.3 Å². The van der Waals surface area contributed by atoms with Crippen LogP contribution in [0.5, 0.6) is 0 Å². The first-order chi connectivity index (χ1) is 14.5. The molecule has 0 aromatic heterocycles. The van der Waals surface area contributed by atoms with Gasteiger partial charge in [0.2, 0.25) is 5.91 Å². The number of benzene rings is 1. The van der Waals surface area contributed by atoms with Gasteiger partial charge < -0.3 is 24.8 Å². The van der Waals surface area contributed by atoms with Crippen LogP contribution in [0.1, 0.15) is 53.0 Å². The molecule has 0 bridgehead atoms. The Hall–Kier alpha value is -3.10. The molecule has 0 saturated carbocycles. The van der Waals surface area contributed by atoms with Crippen molar-refractivity contribution >= 4 is 23.9 Å². The van der Waals surface area contributed by atoms with Crippen LogP contribution in [0.25, 0.3) is 0 Å². The summed E-state index contributed by atoms with van der Waals surface area (Å²) in [6.07, 6.45) is -0.951. The highest BCUT2D eigenvalue weighted by atomic mass is 16.6. The fourth-order valence-corrected chi connectivity index (χ4v) is 2.44. The van der Waals surface area contributed by atoms with E-state index < -0.39 is 41.6 Å². The molecule has 9 nitrogen and oxygen atoms in total. The van der Waals surface area contributed by atoms with Gasteiger partial charge in [-0.25, -0.2) is 14.4 Å². The Bertz CT molecular complexity index is 744. The van der Waals surface area contributed by atoms with Crippen LogP contribution < -0.4 is 10.6 Å². The smallest absolute Gasteiger partial charge is 0.408 e. The number of carbonyl (C=O) groups is 4. The molecule has 1 rings (SSSR count). The Labute approximate surface area is 182 Å². The summed E-state index contributed by atoms with van der Waals surface area (Å²) in [6, 6.07) is 7.15. The Morgan fingerprint density at radius 3 is 2.19 bits per heavy atom. The van der Waals surface area contributed by atoms with Crippen molar-refractivity contribution in [3.8, 4) is 0 Å². The van der Waals surface area contributed by atoms with Crippen LogP contribution >= 0.6 is 0 Å². The molecule has 2 amide bonds. The van der Waals surface area contributed by atoms with Gasteiger partial charge in [-0.05, 0) is 46.6 Å². The zero-order valence-corrected chi connectivity index (χ0v) is 18.7. The van der Waals surface area contributed by atoms with E-state index in [2.05, 4.69) is 10.6 Å². The average molecular weight is 437 g/mol. The van der Waals surface area contributed by atoms with E-state index in [1.807, 2.05) is 18.2 Å². The van der Waals surface area contributed by atoms with Gasteiger partial charge in [-0.15, -0.1) is 0 Å². The van der Waals surface area contributed by atoms with E-state index in [1.165, 1.54) is 6.92 Å². The molecule has 0 unspecified atom stereocenters. The third-order valence-corrected chi connectivity index (χ3v) is 3.88. The fraction of sp³-hybridized carbons (Fsp3) is 0.545. The van der Waals surface area contributed by atoms with Gasteiger partial charge >= 0.3 is 18.0 Å². The van der Waals surface area contributed by atoms with E-state index >= 15 is 0 Å². The van der Waals surface area contributed by atoms with Gasteiger partial charge in [0.25, 0.3) is 0 Å². The van der Waals surface area contributed by atoms with Crippen molar-refractivity contribution in [3.05, 3.63) is 35.9 Å². The molecule has 1 aromatic carbocycles. The Morgan fingerprint density at radius 2 is 1.61 bits per heavy atom. The van der Waals surface area contributed by atoms with Gasteiger partial charge in [-0.1, -0.05) is 30.3 Å². The third-order valence-electron chi connectivity index (χ3n) is 3.88. The van der Waals surface area contributed by atoms with Crippen molar-refractivity contribution in [1.29, 1.82) is 0 Å². The van der Waals surface area contributed by atoms with Crippen LogP contribution in [-0.2, 0) is 35.2 Å². The largest absolute Gasteiger partial charge is 0.464 e. The molecule has 0 spiro atoms. The van der Waals surface area contributed by atoms with E-state index in [0.717, 1.165) is 5.56 Å². The Morgan fingerprint density at radius 1 is 0.968 bits per heavy atom. The van der Waals surface area contributed by atoms with Crippen LogP contribution in [0.4, 0.5) is 4.79 Å². The average Bonchev–Trinajstić information content (AvgIpc) is 2.68. The van der Waals surface area contributed by atoms with Crippen molar-refractivity contribution in [2.24, 2.45) is 0 Å². The first kappa shape index (κ1) is 25.9. The maximum Gasteiger partial charge on any atom is 0.408 e. The monoisotopic (exact) mass is 436 g/mol. The SMILES string of the molecule is CCOC(=O)[C@H](C)NC(=O)CC[C@H](NC(=O)OC(C)(C)C)C(=O)OCc1ccccc1. The Balaban J connectivity index is 2.70. The van der Waals surface area contributed by atoms with Crippen molar-refractivity contribution in [2.45, 2.75) is 71.8 Å². The van der Waals surface area contributed by atoms with Crippen molar-refractivity contribution < 1.29 is 33.4 Å². The second kappa shape index (κ2) is 12.6. The number of rotatable bonds is 10. The molecule has 0 aliphatic rings. The number of hydrogen-bond acceptors (Lipinski definition) is 7. The maximum absolute atomic E-state index is 12.5. The summed E-state index contributed by atoms with van der Waals surface area (Å²) in [5, 5.41) is 4.95. The van der Waals surface area contributed by atoms with Gasteiger partial charge in [0.05, 0.1) is 6.61 Å². The summed E-state index contributed by atoms with van der Waals surface area (Å²) in [5.41, 5.74) is 0.0301. The molecule has 31 heavy (non-hydrogen) atoms. The summed E-state index contributed by atoms with van der Waals surface area (Å²) in [6.45, 7) is 8.48. The zero-order valence-electron chi connectivity index (χ0n) is 18.7. The van der Waals surface area contributed by atoms with E-state index in [1.54, 1.807) is 39.8 Å². The van der Waals surface area contributed by atoms with Crippen molar-refractivity contribution in [2.75, 3.05) is 6.61 Å². The maximum atomic E-state index is 12.5. The summed E-state index contributed by atoms with van der Waals surface area (Å²) in [5.74, 6) is -1.71. The number of ether oxygens (including phenoxy) is 3. The van der Waals surface area contributed by atoms with Crippen LogP contribution in [0.15, 0.2) is 30.3 Å². The summed E-state index contributed by atoms with van der Waals surface area (Å²) in [4.78, 5) is 48.5. The number of alkyl carbamates (subject to hydrolysis) is 1. The van der Waals surface area contributed by atoms with Crippen LogP contribution in [0.2, 0.25) is 0 Å². The van der Waals surface area contributed by atoms with E-state index in [-0.39, 0.29) is 26.1 Å². The lowest BCUT2D eigenvalue weighted by Crippen LogP contribution is -2.45. The predicted molar refractivity (Wildman–Crippen MR) is 113 cm³/mol. The molecule has 0 aliphatic heterocycles. The standard InChI is InChI=1S/C22H32N2O7/c1-6-29-19(26)15(2)23-18(25)13-12-17(24-21(28)31-22(3,4)5)20(27)30-14-16-10-8-7-9-11-16/h7-11,15,17H,6,12-14H2,1-5H3,(H,23,25)(H,24,28)/t15-,17-/m0/s1. The van der Waals surface area contributed by atoms with E-state index in [0.29, 0.717) is 0 Å². The molecule has 0 radical (unpaired) electrons. The molecule has 1 aromatic rings. The minimum Gasteiger partial charge on any atom is -0.464 e. The van der Waals surface area contributed by atoms with Crippen LogP contribution in [-0.4, -0.2) is 48.2 Å². The number of carbonyl (C=O) groups excluding carboxylic acids is 4. The highest BCUT2D eigenvalue weighted by Gasteiger charge is 2.27. The third kappa shape index (κ3) is 11.0. The van der Waals surface area contributed by atoms with Gasteiger partial charge in [0.15, 0.2) is 0 Å². The van der Waals surface area contributed by atoms with Crippen LogP contribution in [0.3, 0.4) is 0 Å². The summed E-state index contributed by atoms with van der Waals surface area (Å²) >= 11 is 0. The highest BCUT2D eigenvalue weighted by Crippen LogP contribution is 2.10. The zero-order chi connectivity index (χ0) is 23.4. The number of amides is 2. The number of esters is 2. The lowest BCUT2D eigenvalue weighted by Gasteiger charge is -2.23. The number of nitrogens with one attached hydrogen (secondary N) is 2. The van der Waals surface area contributed by atoms with E-state index in [4.69, 9.17) is 14.2 Å². The second-order valence-corrected chi connectivity index (χ2v) is 7.87.